The zero-order valence-electron chi connectivity index (χ0n) is 15.6. The van der Waals surface area contributed by atoms with Gasteiger partial charge in [0.1, 0.15) is 5.82 Å². The van der Waals surface area contributed by atoms with Crippen molar-refractivity contribution in [1.29, 1.82) is 0 Å². The number of rotatable bonds is 4. The van der Waals surface area contributed by atoms with Crippen molar-refractivity contribution < 1.29 is 9.53 Å². The summed E-state index contributed by atoms with van der Waals surface area (Å²) in [6.07, 6.45) is -0.248. The normalized spacial score (nSPS) is 14.3. The molecular formula is C19H25N5O2. The molecule has 1 aliphatic rings. The fraction of sp³-hybridized carbons (Fsp3) is 0.421. The molecule has 0 atom stereocenters. The minimum atomic E-state index is -0.248. The SMILES string of the molecule is CCOC(=O)N1CCN(c2nc(C)cc(N(C)c3ccccc3)n2)CC1. The van der Waals surface area contributed by atoms with Gasteiger partial charge in [-0.2, -0.15) is 4.98 Å². The van der Waals surface area contributed by atoms with E-state index in [2.05, 4.69) is 22.0 Å². The van der Waals surface area contributed by atoms with Gasteiger partial charge in [0.25, 0.3) is 0 Å². The van der Waals surface area contributed by atoms with Crippen molar-refractivity contribution in [3.8, 4) is 0 Å². The highest BCUT2D eigenvalue weighted by Crippen LogP contribution is 2.24. The lowest BCUT2D eigenvalue weighted by Gasteiger charge is -2.34. The molecular weight excluding hydrogens is 330 g/mol. The first-order chi connectivity index (χ1) is 12.6. The van der Waals surface area contributed by atoms with Gasteiger partial charge in [-0.25, -0.2) is 9.78 Å². The van der Waals surface area contributed by atoms with E-state index in [1.165, 1.54) is 0 Å². The van der Waals surface area contributed by atoms with E-state index < -0.39 is 0 Å². The van der Waals surface area contributed by atoms with Crippen LogP contribution in [0.25, 0.3) is 0 Å². The van der Waals surface area contributed by atoms with Crippen LogP contribution in [0.1, 0.15) is 12.6 Å². The van der Waals surface area contributed by atoms with Gasteiger partial charge in [0.05, 0.1) is 6.61 Å². The molecule has 0 saturated carbocycles. The van der Waals surface area contributed by atoms with Gasteiger partial charge >= 0.3 is 6.09 Å². The van der Waals surface area contributed by atoms with Crippen LogP contribution >= 0.6 is 0 Å². The summed E-state index contributed by atoms with van der Waals surface area (Å²) in [6.45, 7) is 6.80. The van der Waals surface area contributed by atoms with Crippen molar-refractivity contribution in [2.75, 3.05) is 49.6 Å². The van der Waals surface area contributed by atoms with Gasteiger partial charge in [-0.05, 0) is 26.0 Å². The number of piperazine rings is 1. The first kappa shape index (κ1) is 18.0. The number of ether oxygens (including phenoxy) is 1. The Hall–Kier alpha value is -2.83. The van der Waals surface area contributed by atoms with Gasteiger partial charge in [-0.3, -0.25) is 0 Å². The van der Waals surface area contributed by atoms with Crippen LogP contribution < -0.4 is 9.80 Å². The molecule has 0 aliphatic carbocycles. The van der Waals surface area contributed by atoms with Crippen molar-refractivity contribution in [2.24, 2.45) is 0 Å². The largest absolute Gasteiger partial charge is 0.450 e. The highest BCUT2D eigenvalue weighted by Gasteiger charge is 2.24. The second kappa shape index (κ2) is 8.03. The molecule has 26 heavy (non-hydrogen) atoms. The third-order valence-corrected chi connectivity index (χ3v) is 4.40. The van der Waals surface area contributed by atoms with Crippen molar-refractivity contribution in [1.82, 2.24) is 14.9 Å². The number of hydrogen-bond donors (Lipinski definition) is 0. The number of amides is 1. The summed E-state index contributed by atoms with van der Waals surface area (Å²) in [5.74, 6) is 1.55. The molecule has 7 heteroatoms. The summed E-state index contributed by atoms with van der Waals surface area (Å²) in [5, 5.41) is 0. The van der Waals surface area contributed by atoms with Crippen LogP contribution in [-0.2, 0) is 4.74 Å². The van der Waals surface area contributed by atoms with E-state index in [0.717, 1.165) is 17.2 Å². The minimum Gasteiger partial charge on any atom is -0.450 e. The molecule has 1 aliphatic heterocycles. The number of aryl methyl sites for hydroxylation is 1. The van der Waals surface area contributed by atoms with Crippen LogP contribution in [-0.4, -0.2) is 60.8 Å². The lowest BCUT2D eigenvalue weighted by Crippen LogP contribution is -2.49. The fourth-order valence-corrected chi connectivity index (χ4v) is 2.94. The number of nitrogens with zero attached hydrogens (tertiary/aromatic N) is 5. The molecule has 1 saturated heterocycles. The number of anilines is 3. The van der Waals surface area contributed by atoms with Crippen LogP contribution in [0.15, 0.2) is 36.4 Å². The topological polar surface area (TPSA) is 61.8 Å². The zero-order chi connectivity index (χ0) is 18.5. The Morgan fingerprint density at radius 3 is 2.50 bits per heavy atom. The molecule has 0 radical (unpaired) electrons. The minimum absolute atomic E-state index is 0.248. The van der Waals surface area contributed by atoms with Crippen molar-refractivity contribution in [2.45, 2.75) is 13.8 Å². The highest BCUT2D eigenvalue weighted by atomic mass is 16.6. The van der Waals surface area contributed by atoms with Gasteiger partial charge in [-0.15, -0.1) is 0 Å². The summed E-state index contributed by atoms with van der Waals surface area (Å²) in [7, 11) is 2.00. The third kappa shape index (κ3) is 4.04. The second-order valence-electron chi connectivity index (χ2n) is 6.24. The molecule has 1 fully saturated rings. The Bertz CT molecular complexity index is 745. The Kier molecular flexibility index (Phi) is 5.55. The molecule has 2 heterocycles. The smallest absolute Gasteiger partial charge is 0.409 e. The van der Waals surface area contributed by atoms with Crippen LogP contribution in [0.3, 0.4) is 0 Å². The van der Waals surface area contributed by atoms with Crippen LogP contribution in [0.4, 0.5) is 22.2 Å². The van der Waals surface area contributed by atoms with E-state index >= 15 is 0 Å². The lowest BCUT2D eigenvalue weighted by molar-refractivity contribution is 0.105. The number of carbonyl (C=O) groups is 1. The van der Waals surface area contributed by atoms with Gasteiger partial charge in [0, 0.05) is 50.7 Å². The molecule has 138 valence electrons. The van der Waals surface area contributed by atoms with Gasteiger partial charge < -0.3 is 19.4 Å². The molecule has 3 rings (SSSR count). The van der Waals surface area contributed by atoms with E-state index in [1.807, 2.05) is 50.1 Å². The van der Waals surface area contributed by atoms with E-state index in [1.54, 1.807) is 4.90 Å². The first-order valence-electron chi connectivity index (χ1n) is 8.89. The summed E-state index contributed by atoms with van der Waals surface area (Å²) >= 11 is 0. The first-order valence-corrected chi connectivity index (χ1v) is 8.89. The molecule has 1 aromatic carbocycles. The number of carbonyl (C=O) groups excluding carboxylic acids is 1. The molecule has 0 unspecified atom stereocenters. The second-order valence-corrected chi connectivity index (χ2v) is 6.24. The lowest BCUT2D eigenvalue weighted by atomic mass is 10.3. The van der Waals surface area contributed by atoms with Gasteiger partial charge in [-0.1, -0.05) is 18.2 Å². The maximum absolute atomic E-state index is 11.8. The maximum Gasteiger partial charge on any atom is 0.409 e. The monoisotopic (exact) mass is 355 g/mol. The Morgan fingerprint density at radius 2 is 1.85 bits per heavy atom. The molecule has 0 bridgehead atoms. The van der Waals surface area contributed by atoms with Crippen LogP contribution in [0.5, 0.6) is 0 Å². The quantitative estimate of drug-likeness (QED) is 0.840. The van der Waals surface area contributed by atoms with Crippen molar-refractivity contribution in [3.63, 3.8) is 0 Å². The Labute approximate surface area is 154 Å². The standard InChI is InChI=1S/C19H25N5O2/c1-4-26-19(25)24-12-10-23(11-13-24)18-20-15(2)14-17(21-18)22(3)16-8-6-5-7-9-16/h5-9,14H,4,10-13H2,1-3H3. The zero-order valence-corrected chi connectivity index (χ0v) is 15.6. The van der Waals surface area contributed by atoms with E-state index in [4.69, 9.17) is 9.72 Å². The predicted octanol–water partition coefficient (Wildman–Crippen LogP) is 2.83. The van der Waals surface area contributed by atoms with Crippen molar-refractivity contribution in [3.05, 3.63) is 42.1 Å². The van der Waals surface area contributed by atoms with E-state index in [-0.39, 0.29) is 6.09 Å². The number of hydrogen-bond acceptors (Lipinski definition) is 6. The average Bonchev–Trinajstić information content (AvgIpc) is 2.68. The average molecular weight is 355 g/mol. The van der Waals surface area contributed by atoms with E-state index in [0.29, 0.717) is 38.7 Å². The summed E-state index contributed by atoms with van der Waals surface area (Å²) in [6, 6.07) is 12.1. The summed E-state index contributed by atoms with van der Waals surface area (Å²) in [4.78, 5) is 27.1. The number of benzene rings is 1. The number of para-hydroxylation sites is 1. The maximum atomic E-state index is 11.8. The van der Waals surface area contributed by atoms with E-state index in [9.17, 15) is 4.79 Å². The van der Waals surface area contributed by atoms with Gasteiger partial charge in [0.2, 0.25) is 5.95 Å². The summed E-state index contributed by atoms with van der Waals surface area (Å²) in [5.41, 5.74) is 1.99. The molecule has 0 spiro atoms. The van der Waals surface area contributed by atoms with Crippen LogP contribution in [0.2, 0.25) is 0 Å². The van der Waals surface area contributed by atoms with Gasteiger partial charge in [0.15, 0.2) is 0 Å². The fourth-order valence-electron chi connectivity index (χ4n) is 2.94. The molecule has 7 nitrogen and oxygen atoms in total. The Morgan fingerprint density at radius 1 is 1.15 bits per heavy atom. The van der Waals surface area contributed by atoms with Crippen LogP contribution in [0, 0.1) is 6.92 Å². The Balaban J connectivity index is 1.74. The summed E-state index contributed by atoms with van der Waals surface area (Å²) < 4.78 is 5.07. The molecule has 0 N–H and O–H groups in total. The third-order valence-electron chi connectivity index (χ3n) is 4.40. The predicted molar refractivity (Wildman–Crippen MR) is 102 cm³/mol. The molecule has 2 aromatic rings. The molecule has 1 aromatic heterocycles. The molecule has 1 amide bonds. The van der Waals surface area contributed by atoms with Crippen molar-refractivity contribution >= 4 is 23.5 Å². The number of aromatic nitrogens is 2. The highest BCUT2D eigenvalue weighted by molar-refractivity contribution is 5.68.